The quantitative estimate of drug-likeness (QED) is 0.250. The molecule has 0 saturated carbocycles. The Bertz CT molecular complexity index is 763. The lowest BCUT2D eigenvalue weighted by Crippen LogP contribution is -2.63. The van der Waals surface area contributed by atoms with E-state index in [0.29, 0.717) is 0 Å². The van der Waals surface area contributed by atoms with Crippen LogP contribution in [0.25, 0.3) is 0 Å². The summed E-state index contributed by atoms with van der Waals surface area (Å²) in [5.41, 5.74) is 0. The van der Waals surface area contributed by atoms with Gasteiger partial charge in [-0.3, -0.25) is 23.7 Å². The lowest BCUT2D eigenvalue weighted by molar-refractivity contribution is -0.303. The maximum absolute atomic E-state index is 11.9. The summed E-state index contributed by atoms with van der Waals surface area (Å²) < 4.78 is 70.4. The van der Waals surface area contributed by atoms with Gasteiger partial charge in [0.15, 0.2) is 12.2 Å². The highest BCUT2D eigenvalue weighted by molar-refractivity contribution is 7.51. The molecule has 0 amide bonds. The highest BCUT2D eigenvalue weighted by Crippen LogP contribution is 2.35. The second-order valence-corrected chi connectivity index (χ2v) is 7.63. The smallest absolute Gasteiger partial charge is 0.327 e. The number of rotatable bonds is 9. The van der Waals surface area contributed by atoms with E-state index in [9.17, 15) is 23.7 Å². The van der Waals surface area contributed by atoms with E-state index in [1.165, 1.54) is 0 Å². The van der Waals surface area contributed by atoms with E-state index >= 15 is 0 Å². The standard InChI is InChI=1S/C16H25O13P/c1-8(17)25-7-12-13(26-9(2)18)14(24-5-6-30(21,22)23)15(27-10(3)19)16(29-12)28-11(4)20/h12-16H,5-7H2,1-4H3,(H2,21,22,23)/t12-,13+,14+,15-,16?/m1/s1/i1D,2D,3D,4D. The second-order valence-electron chi connectivity index (χ2n) is 5.85. The third-order valence-electron chi connectivity index (χ3n) is 3.48. The van der Waals surface area contributed by atoms with Crippen LogP contribution in [-0.2, 0) is 52.2 Å². The van der Waals surface area contributed by atoms with Gasteiger partial charge in [0.25, 0.3) is 0 Å². The van der Waals surface area contributed by atoms with Crippen LogP contribution in [0.3, 0.4) is 0 Å². The summed E-state index contributed by atoms with van der Waals surface area (Å²) >= 11 is 0. The predicted molar refractivity (Wildman–Crippen MR) is 94.8 cm³/mol. The maximum Gasteiger partial charge on any atom is 0.327 e. The molecule has 2 N–H and O–H groups in total. The molecule has 1 unspecified atom stereocenters. The van der Waals surface area contributed by atoms with Crippen molar-refractivity contribution in [2.45, 2.75) is 58.3 Å². The van der Waals surface area contributed by atoms with E-state index in [0.717, 1.165) is 0 Å². The summed E-state index contributed by atoms with van der Waals surface area (Å²) in [5, 5.41) is 0. The van der Waals surface area contributed by atoms with Gasteiger partial charge >= 0.3 is 31.5 Å². The van der Waals surface area contributed by atoms with Crippen LogP contribution >= 0.6 is 7.60 Å². The van der Waals surface area contributed by atoms with E-state index in [1.54, 1.807) is 0 Å². The Morgan fingerprint density at radius 1 is 0.900 bits per heavy atom. The lowest BCUT2D eigenvalue weighted by atomic mass is 9.98. The van der Waals surface area contributed by atoms with Gasteiger partial charge in [-0.05, 0) is 0 Å². The Kier molecular flexibility index (Phi) is 7.54. The SMILES string of the molecule is [2H]CC(=O)OC[C@H]1OC(OC(=O)C[2H])[C@H](OC(=O)C[2H])[C@@H](OCCP(=O)(O)O)[C@H]1OC(=O)C[2H]. The van der Waals surface area contributed by atoms with Crippen molar-refractivity contribution in [2.75, 3.05) is 19.4 Å². The third-order valence-corrected chi connectivity index (χ3v) is 4.24. The van der Waals surface area contributed by atoms with Gasteiger partial charge in [0, 0.05) is 33.1 Å². The zero-order chi connectivity index (χ0) is 25.9. The van der Waals surface area contributed by atoms with Crippen molar-refractivity contribution in [3.05, 3.63) is 0 Å². The Morgan fingerprint density at radius 3 is 2.03 bits per heavy atom. The van der Waals surface area contributed by atoms with E-state index in [1.807, 2.05) is 0 Å². The first-order valence-corrected chi connectivity index (χ1v) is 9.98. The molecule has 0 aliphatic carbocycles. The van der Waals surface area contributed by atoms with Crippen LogP contribution in [0.5, 0.6) is 0 Å². The largest absolute Gasteiger partial charge is 0.463 e. The van der Waals surface area contributed by atoms with Crippen LogP contribution in [-0.4, -0.2) is 83.7 Å². The van der Waals surface area contributed by atoms with Gasteiger partial charge in [-0.1, -0.05) is 0 Å². The highest BCUT2D eigenvalue weighted by Gasteiger charge is 2.52. The van der Waals surface area contributed by atoms with Gasteiger partial charge in [0.1, 0.15) is 18.8 Å². The number of ether oxygens (including phenoxy) is 6. The van der Waals surface area contributed by atoms with Crippen molar-refractivity contribution in [1.29, 1.82) is 0 Å². The predicted octanol–water partition coefficient (Wildman–Crippen LogP) is -0.736. The fourth-order valence-corrected chi connectivity index (χ4v) is 2.82. The number of carbonyl (C=O) groups excluding carboxylic acids is 4. The van der Waals surface area contributed by atoms with Crippen molar-refractivity contribution < 1.29 is 67.4 Å². The summed E-state index contributed by atoms with van der Waals surface area (Å²) in [6.07, 6.45) is -9.08. The second kappa shape index (κ2) is 11.4. The van der Waals surface area contributed by atoms with Gasteiger partial charge in [-0.2, -0.15) is 0 Å². The van der Waals surface area contributed by atoms with Gasteiger partial charge in [0.2, 0.25) is 6.29 Å². The van der Waals surface area contributed by atoms with Crippen molar-refractivity contribution in [1.82, 2.24) is 0 Å². The van der Waals surface area contributed by atoms with Crippen molar-refractivity contribution in [3.63, 3.8) is 0 Å². The summed E-state index contributed by atoms with van der Waals surface area (Å²) in [4.78, 5) is 65.0. The summed E-state index contributed by atoms with van der Waals surface area (Å²) in [7, 11) is -4.56. The molecule has 13 nitrogen and oxygen atoms in total. The number of hydrogen-bond acceptors (Lipinski definition) is 11. The first kappa shape index (κ1) is 19.9. The zero-order valence-electron chi connectivity index (χ0n) is 19.7. The summed E-state index contributed by atoms with van der Waals surface area (Å²) in [6, 6.07) is 0. The molecule has 0 bridgehead atoms. The molecule has 30 heavy (non-hydrogen) atoms. The van der Waals surface area contributed by atoms with Crippen LogP contribution in [0, 0.1) is 0 Å². The molecule has 172 valence electrons. The Morgan fingerprint density at radius 2 is 1.47 bits per heavy atom. The molecular formula is C16H25O13P. The van der Waals surface area contributed by atoms with Gasteiger partial charge in [0.05, 0.1) is 12.8 Å². The Hall–Kier alpha value is -2.05. The molecule has 1 aliphatic heterocycles. The minimum Gasteiger partial charge on any atom is -0.463 e. The molecular weight excluding hydrogens is 431 g/mol. The highest BCUT2D eigenvalue weighted by atomic mass is 31.2. The first-order valence-electron chi connectivity index (χ1n) is 11.0. The van der Waals surface area contributed by atoms with Gasteiger partial charge in [-0.15, -0.1) is 0 Å². The molecule has 1 fully saturated rings. The summed E-state index contributed by atoms with van der Waals surface area (Å²) in [5.74, 6) is -4.43. The molecule has 0 spiro atoms. The van der Waals surface area contributed by atoms with Crippen molar-refractivity contribution in [2.24, 2.45) is 0 Å². The molecule has 1 heterocycles. The molecule has 0 aromatic carbocycles. The minimum atomic E-state index is -4.56. The molecule has 0 aromatic heterocycles. The van der Waals surface area contributed by atoms with E-state index in [4.69, 9.17) is 43.7 Å². The first-order chi connectivity index (χ1) is 15.9. The molecule has 1 saturated heterocycles. The van der Waals surface area contributed by atoms with Crippen LogP contribution in [0.15, 0.2) is 0 Å². The monoisotopic (exact) mass is 460 g/mol. The average molecular weight is 460 g/mol. The molecule has 14 heteroatoms. The molecule has 1 aliphatic rings. The number of hydrogen-bond donors (Lipinski definition) is 2. The van der Waals surface area contributed by atoms with E-state index < -0.39 is 109 Å². The van der Waals surface area contributed by atoms with E-state index in [2.05, 4.69) is 0 Å². The summed E-state index contributed by atoms with van der Waals surface area (Å²) in [6.45, 7) is -4.77. The fraction of sp³-hybridized carbons (Fsp3) is 0.750. The topological polar surface area (TPSA) is 181 Å². The third kappa shape index (κ3) is 9.18. The average Bonchev–Trinajstić information content (AvgIpc) is 2.79. The number of esters is 4. The van der Waals surface area contributed by atoms with Crippen LogP contribution in [0.1, 0.15) is 33.1 Å². The Balaban J connectivity index is 3.38. The molecule has 1 rings (SSSR count). The lowest BCUT2D eigenvalue weighted by Gasteiger charge is -2.44. The minimum absolute atomic E-state index is 0.670. The molecule has 5 atom stereocenters. The number of carbonyl (C=O) groups is 4. The molecule has 0 radical (unpaired) electrons. The van der Waals surface area contributed by atoms with Gasteiger partial charge in [-0.25, -0.2) is 0 Å². The molecule has 0 aromatic rings. The van der Waals surface area contributed by atoms with Crippen molar-refractivity contribution >= 4 is 31.5 Å². The fourth-order valence-electron chi connectivity index (χ4n) is 2.48. The van der Waals surface area contributed by atoms with E-state index in [-0.39, 0.29) is 0 Å². The normalized spacial score (nSPS) is 28.1. The van der Waals surface area contributed by atoms with Gasteiger partial charge < -0.3 is 38.2 Å². The Labute approximate surface area is 177 Å². The zero-order valence-corrected chi connectivity index (χ0v) is 16.6. The maximum atomic E-state index is 11.9. The van der Waals surface area contributed by atoms with Crippen molar-refractivity contribution in [3.8, 4) is 0 Å². The van der Waals surface area contributed by atoms with Crippen LogP contribution in [0.2, 0.25) is 0 Å². The van der Waals surface area contributed by atoms with Crippen LogP contribution < -0.4 is 0 Å². The van der Waals surface area contributed by atoms with Crippen LogP contribution in [0.4, 0.5) is 0 Å².